The monoisotopic (exact) mass is 240 g/mol. The van der Waals surface area contributed by atoms with Gasteiger partial charge in [-0.1, -0.05) is 6.08 Å². The number of rotatable bonds is 10. The molecule has 0 radical (unpaired) electrons. The van der Waals surface area contributed by atoms with E-state index in [1.807, 2.05) is 0 Å². The molecule has 0 saturated carbocycles. The predicted octanol–water partition coefficient (Wildman–Crippen LogP) is 0.362. The van der Waals surface area contributed by atoms with Crippen molar-refractivity contribution in [3.8, 4) is 0 Å². The fourth-order valence-electron chi connectivity index (χ4n) is 1.54. The Labute approximate surface area is 102 Å². The molecular formula is C12H20N2O3. The first-order valence-electron chi connectivity index (χ1n) is 5.63. The van der Waals surface area contributed by atoms with Crippen LogP contribution in [0.2, 0.25) is 0 Å². The number of hydrogen-bond acceptors (Lipinski definition) is 3. The molecule has 0 aromatic rings. The van der Waals surface area contributed by atoms with Crippen LogP contribution in [-0.2, 0) is 14.4 Å². The van der Waals surface area contributed by atoms with Crippen LogP contribution in [0.3, 0.4) is 0 Å². The van der Waals surface area contributed by atoms with Crippen molar-refractivity contribution in [1.29, 1.82) is 0 Å². The fourth-order valence-corrected chi connectivity index (χ4v) is 1.54. The lowest BCUT2D eigenvalue weighted by atomic mass is 9.97. The Morgan fingerprint density at radius 2 is 2.12 bits per heavy atom. The fraction of sp³-hybridized carbons (Fsp3) is 0.583. The number of amides is 2. The second kappa shape index (κ2) is 9.57. The second-order valence-electron chi connectivity index (χ2n) is 3.81. The summed E-state index contributed by atoms with van der Waals surface area (Å²) >= 11 is 0. The van der Waals surface area contributed by atoms with Crippen molar-refractivity contribution in [2.45, 2.75) is 19.3 Å². The first-order chi connectivity index (χ1) is 8.17. The summed E-state index contributed by atoms with van der Waals surface area (Å²) in [6.45, 7) is 4.18. The minimum atomic E-state index is -0.176. The number of aldehydes is 1. The van der Waals surface area contributed by atoms with E-state index < -0.39 is 0 Å². The minimum absolute atomic E-state index is 0.0633. The highest BCUT2D eigenvalue weighted by Gasteiger charge is 2.20. The maximum absolute atomic E-state index is 11.9. The van der Waals surface area contributed by atoms with Crippen LogP contribution in [0.5, 0.6) is 0 Å². The average Bonchev–Trinajstić information content (AvgIpc) is 2.33. The highest BCUT2D eigenvalue weighted by atomic mass is 16.2. The van der Waals surface area contributed by atoms with Crippen LogP contribution in [0.15, 0.2) is 12.7 Å². The molecule has 96 valence electrons. The van der Waals surface area contributed by atoms with Crippen molar-refractivity contribution in [1.82, 2.24) is 10.2 Å². The van der Waals surface area contributed by atoms with Gasteiger partial charge in [0, 0.05) is 19.5 Å². The van der Waals surface area contributed by atoms with Crippen LogP contribution in [0.1, 0.15) is 19.3 Å². The van der Waals surface area contributed by atoms with Gasteiger partial charge in [0.1, 0.15) is 6.29 Å². The lowest BCUT2D eigenvalue weighted by Crippen LogP contribution is -2.35. The molecule has 0 aliphatic rings. The van der Waals surface area contributed by atoms with Gasteiger partial charge in [-0.25, -0.2) is 0 Å². The first-order valence-corrected chi connectivity index (χ1v) is 5.63. The maximum atomic E-state index is 11.9. The number of likely N-dealkylation sites (N-methyl/N-ethyl adjacent to an activating group) is 1. The lowest BCUT2D eigenvalue weighted by molar-refractivity contribution is -0.136. The van der Waals surface area contributed by atoms with E-state index in [4.69, 9.17) is 0 Å². The van der Waals surface area contributed by atoms with Gasteiger partial charge in [-0.2, -0.15) is 0 Å². The Morgan fingerprint density at radius 3 is 2.65 bits per heavy atom. The van der Waals surface area contributed by atoms with E-state index in [9.17, 15) is 14.4 Å². The summed E-state index contributed by atoms with van der Waals surface area (Å²) in [5.41, 5.74) is 0. The van der Waals surface area contributed by atoms with E-state index in [1.165, 1.54) is 4.90 Å². The van der Waals surface area contributed by atoms with E-state index in [2.05, 4.69) is 11.9 Å². The topological polar surface area (TPSA) is 66.5 Å². The van der Waals surface area contributed by atoms with Gasteiger partial charge >= 0.3 is 0 Å². The maximum Gasteiger partial charge on any atom is 0.225 e. The molecule has 17 heavy (non-hydrogen) atoms. The molecule has 1 unspecified atom stereocenters. The number of nitrogens with one attached hydrogen (secondary N) is 1. The molecule has 1 N–H and O–H groups in total. The number of hydrogen-bond donors (Lipinski definition) is 1. The highest BCUT2D eigenvalue weighted by Crippen LogP contribution is 2.14. The van der Waals surface area contributed by atoms with E-state index >= 15 is 0 Å². The molecule has 0 fully saturated rings. The van der Waals surface area contributed by atoms with Crippen molar-refractivity contribution in [3.05, 3.63) is 12.7 Å². The summed E-state index contributed by atoms with van der Waals surface area (Å²) in [7, 11) is 1.60. The average molecular weight is 240 g/mol. The molecule has 0 aliphatic heterocycles. The van der Waals surface area contributed by atoms with Crippen LogP contribution in [0.4, 0.5) is 0 Å². The van der Waals surface area contributed by atoms with Crippen molar-refractivity contribution in [2.24, 2.45) is 5.92 Å². The van der Waals surface area contributed by atoms with E-state index in [-0.39, 0.29) is 18.4 Å². The Morgan fingerprint density at radius 1 is 1.41 bits per heavy atom. The number of carbonyl (C=O) groups excluding carboxylic acids is 3. The molecule has 0 aromatic carbocycles. The molecule has 0 bridgehead atoms. The largest absolute Gasteiger partial charge is 0.359 e. The van der Waals surface area contributed by atoms with Gasteiger partial charge in [0.05, 0.1) is 6.54 Å². The summed E-state index contributed by atoms with van der Waals surface area (Å²) in [5, 5.41) is 2.53. The number of carbonyl (C=O) groups is 3. The molecule has 0 aromatic heterocycles. The Bertz CT molecular complexity index is 266. The first kappa shape index (κ1) is 15.3. The van der Waals surface area contributed by atoms with Gasteiger partial charge in [-0.05, 0) is 19.3 Å². The molecule has 0 aliphatic carbocycles. The van der Waals surface area contributed by atoms with Crippen LogP contribution in [-0.4, -0.2) is 43.6 Å². The normalized spacial score (nSPS) is 11.4. The number of allylic oxidation sites excluding steroid dienone is 1. The summed E-state index contributed by atoms with van der Waals surface area (Å²) in [4.78, 5) is 33.8. The van der Waals surface area contributed by atoms with E-state index in [0.29, 0.717) is 32.1 Å². The quantitative estimate of drug-likeness (QED) is 0.341. The molecule has 0 rings (SSSR count). The van der Waals surface area contributed by atoms with Gasteiger partial charge in [0.25, 0.3) is 0 Å². The summed E-state index contributed by atoms with van der Waals surface area (Å²) in [6, 6.07) is 0. The molecule has 0 heterocycles. The van der Waals surface area contributed by atoms with Crippen molar-refractivity contribution in [2.75, 3.05) is 20.1 Å². The van der Waals surface area contributed by atoms with E-state index in [0.717, 1.165) is 6.42 Å². The predicted molar refractivity (Wildman–Crippen MR) is 65.3 cm³/mol. The summed E-state index contributed by atoms with van der Waals surface area (Å²) in [6.07, 6.45) is 5.08. The molecule has 0 spiro atoms. The van der Waals surface area contributed by atoms with Crippen molar-refractivity contribution in [3.63, 3.8) is 0 Å². The van der Waals surface area contributed by atoms with Gasteiger partial charge in [0.15, 0.2) is 0 Å². The van der Waals surface area contributed by atoms with Crippen LogP contribution in [0.25, 0.3) is 0 Å². The summed E-state index contributed by atoms with van der Waals surface area (Å²) < 4.78 is 0. The van der Waals surface area contributed by atoms with Crippen molar-refractivity contribution < 1.29 is 14.4 Å². The molecule has 1 atom stereocenters. The minimum Gasteiger partial charge on any atom is -0.359 e. The zero-order valence-corrected chi connectivity index (χ0v) is 10.2. The highest BCUT2D eigenvalue weighted by molar-refractivity contribution is 5.80. The Hall–Kier alpha value is -1.65. The zero-order valence-electron chi connectivity index (χ0n) is 10.2. The van der Waals surface area contributed by atoms with E-state index in [1.54, 1.807) is 13.1 Å². The summed E-state index contributed by atoms with van der Waals surface area (Å²) in [5.74, 6) is -0.239. The SMILES string of the molecule is C=CCCC(CCNC=O)C(=O)N(C)CC=O. The molecule has 2 amide bonds. The van der Waals surface area contributed by atoms with Crippen molar-refractivity contribution >= 4 is 18.6 Å². The Balaban J connectivity index is 4.31. The molecule has 5 nitrogen and oxygen atoms in total. The van der Waals surface area contributed by atoms with Gasteiger partial charge in [-0.15, -0.1) is 6.58 Å². The van der Waals surface area contributed by atoms with Crippen LogP contribution >= 0.6 is 0 Å². The third kappa shape index (κ3) is 6.50. The molecule has 5 heteroatoms. The Kier molecular flexibility index (Phi) is 8.64. The lowest BCUT2D eigenvalue weighted by Gasteiger charge is -2.21. The zero-order chi connectivity index (χ0) is 13.1. The van der Waals surface area contributed by atoms with Gasteiger partial charge in [0.2, 0.25) is 12.3 Å². The second-order valence-corrected chi connectivity index (χ2v) is 3.81. The standard InChI is InChI=1S/C12H20N2O3/c1-3-4-5-11(6-7-13-10-16)12(17)14(2)8-9-15/h3,9-11H,1,4-8H2,2H3,(H,13,16). The third-order valence-electron chi connectivity index (χ3n) is 2.51. The number of nitrogens with zero attached hydrogens (tertiary/aromatic N) is 1. The van der Waals surface area contributed by atoms with Crippen LogP contribution in [0, 0.1) is 5.92 Å². The molecule has 0 saturated heterocycles. The van der Waals surface area contributed by atoms with Crippen LogP contribution < -0.4 is 5.32 Å². The smallest absolute Gasteiger partial charge is 0.225 e. The third-order valence-corrected chi connectivity index (χ3v) is 2.51. The van der Waals surface area contributed by atoms with Gasteiger partial charge in [-0.3, -0.25) is 9.59 Å². The molecular weight excluding hydrogens is 220 g/mol. The van der Waals surface area contributed by atoms with Gasteiger partial charge < -0.3 is 15.0 Å².